The van der Waals surface area contributed by atoms with Gasteiger partial charge in [-0.2, -0.15) is 0 Å². The van der Waals surface area contributed by atoms with Gasteiger partial charge >= 0.3 is 23.9 Å². The van der Waals surface area contributed by atoms with Crippen molar-refractivity contribution in [1.29, 1.82) is 0 Å². The summed E-state index contributed by atoms with van der Waals surface area (Å²) in [7, 11) is 0. The quantitative estimate of drug-likeness (QED) is 0.00647. The van der Waals surface area contributed by atoms with Gasteiger partial charge in [0.1, 0.15) is 94.9 Å². The summed E-state index contributed by atoms with van der Waals surface area (Å²) >= 11 is 11.9. The second-order valence-electron chi connectivity index (χ2n) is 29.6. The van der Waals surface area contributed by atoms with Gasteiger partial charge in [0.2, 0.25) is 0 Å². The molecule has 0 spiro atoms. The molecule has 112 heavy (non-hydrogen) atoms. The van der Waals surface area contributed by atoms with E-state index in [1.165, 1.54) is 56.0 Å². The third-order valence-corrected chi connectivity index (χ3v) is 20.8. The molecule has 2 aromatic heterocycles. The van der Waals surface area contributed by atoms with E-state index in [4.69, 9.17) is 61.1 Å². The number of amides is 4. The largest absolute Gasteiger partial charge is 0.461 e. The molecular weight excluding hydrogens is 1460 g/mol. The van der Waals surface area contributed by atoms with Gasteiger partial charge in [0.25, 0.3) is 23.6 Å². The van der Waals surface area contributed by atoms with E-state index < -0.39 is 96.4 Å². The summed E-state index contributed by atoms with van der Waals surface area (Å²) in [5.74, 6) is -5.68. The van der Waals surface area contributed by atoms with Crippen LogP contribution in [0.15, 0.2) is 158 Å². The molecule has 0 N–H and O–H groups in total. The highest BCUT2D eigenvalue weighted by Gasteiger charge is 2.47. The number of nitrogens with zero attached hydrogens (tertiary/aromatic N) is 4. The smallest absolute Gasteiger partial charge is 0.349 e. The SMILES string of the molecule is C=C(Cl)C(=O)OCCOC(=O)C(Cc1ccncc1)N1C(=O)c2cc(Oc3ccc(C(C)C)cc3C)c3c4c(Oc5ccc(C(C)C)cc5C)cc5c6c(cc(Oc7ccc(C(C)C)cc7C)c(c7c(Oc8ccc(C(C)C)cc8C)cc(c2c37)C1=O)c64)C(=O)N(C(Cc1ccncc1)C(=O)OCCOC(=O)C(C)Cl)C5=O. The van der Waals surface area contributed by atoms with E-state index in [0.717, 1.165) is 32.1 Å². The molecule has 11 aromatic rings. The number of ether oxygens (including phenoxy) is 8. The summed E-state index contributed by atoms with van der Waals surface area (Å²) in [6.45, 7) is 27.1. The third kappa shape index (κ3) is 15.3. The van der Waals surface area contributed by atoms with Crippen LogP contribution in [0.2, 0.25) is 0 Å². The maximum atomic E-state index is 16.7. The van der Waals surface area contributed by atoms with Crippen LogP contribution in [-0.4, -0.2) is 111 Å². The predicted octanol–water partition coefficient (Wildman–Crippen LogP) is 19.4. The number of imide groups is 2. The summed E-state index contributed by atoms with van der Waals surface area (Å²) in [5, 5.41) is 0.0441. The number of carbonyl (C=O) groups is 8. The Morgan fingerprint density at radius 1 is 0.366 bits per heavy atom. The monoisotopic (exact) mass is 1550 g/mol. The van der Waals surface area contributed by atoms with Crippen molar-refractivity contribution < 1.29 is 76.3 Å². The van der Waals surface area contributed by atoms with Gasteiger partial charge in [-0.1, -0.05) is 122 Å². The summed E-state index contributed by atoms with van der Waals surface area (Å²) < 4.78 is 52.0. The van der Waals surface area contributed by atoms with Crippen molar-refractivity contribution in [3.63, 3.8) is 0 Å². The van der Waals surface area contributed by atoms with Crippen molar-refractivity contribution in [3.8, 4) is 46.0 Å². The first-order chi connectivity index (χ1) is 53.5. The highest BCUT2D eigenvalue weighted by atomic mass is 35.5. The van der Waals surface area contributed by atoms with Crippen LogP contribution in [0.5, 0.6) is 46.0 Å². The number of esters is 4. The van der Waals surface area contributed by atoms with Crippen LogP contribution in [0.25, 0.3) is 43.1 Å². The number of benzene rings is 9. The molecule has 0 saturated heterocycles. The Morgan fingerprint density at radius 3 is 0.884 bits per heavy atom. The topological polar surface area (TPSA) is 243 Å². The molecule has 0 bridgehead atoms. The number of aryl methyl sites for hydroxylation is 4. The number of carbonyl (C=O) groups excluding carboxylic acids is 8. The van der Waals surface area contributed by atoms with Gasteiger partial charge in [0.15, 0.2) is 0 Å². The first kappa shape index (κ1) is 78.4. The molecule has 4 heterocycles. The molecule has 0 fully saturated rings. The lowest BCUT2D eigenvalue weighted by Gasteiger charge is -2.35. The molecule has 2 aliphatic rings. The highest BCUT2D eigenvalue weighted by molar-refractivity contribution is 6.45. The van der Waals surface area contributed by atoms with Crippen LogP contribution in [0, 0.1) is 27.7 Å². The van der Waals surface area contributed by atoms with E-state index in [2.05, 4.69) is 71.9 Å². The number of aromatic nitrogens is 2. The van der Waals surface area contributed by atoms with E-state index in [9.17, 15) is 9.59 Å². The molecule has 9 aromatic carbocycles. The van der Waals surface area contributed by atoms with Gasteiger partial charge in [-0.05, 0) is 187 Å². The molecule has 0 saturated carbocycles. The first-order valence-electron chi connectivity index (χ1n) is 37.2. The number of alkyl halides is 1. The van der Waals surface area contributed by atoms with Crippen molar-refractivity contribution in [1.82, 2.24) is 19.8 Å². The average Bonchev–Trinajstić information content (AvgIpc) is 0.670. The van der Waals surface area contributed by atoms with Crippen molar-refractivity contribution in [2.45, 2.75) is 144 Å². The van der Waals surface area contributed by atoms with E-state index in [-0.39, 0.29) is 125 Å². The summed E-state index contributed by atoms with van der Waals surface area (Å²) in [5.41, 5.74) is 7.34. The number of hydrogen-bond acceptors (Lipinski definition) is 18. The number of rotatable bonds is 28. The normalized spacial score (nSPS) is 13.6. The average molecular weight is 1550 g/mol. The zero-order chi connectivity index (χ0) is 80.0. The molecule has 22 heteroatoms. The van der Waals surface area contributed by atoms with E-state index in [0.29, 0.717) is 56.4 Å². The zero-order valence-electron chi connectivity index (χ0n) is 64.4. The summed E-state index contributed by atoms with van der Waals surface area (Å²) in [6.07, 6.45) is 5.51. The molecule has 2 aliphatic heterocycles. The molecular formula is C90H84Cl2N4O16. The Bertz CT molecular complexity index is 5230. The van der Waals surface area contributed by atoms with Crippen LogP contribution < -0.4 is 18.9 Å². The number of pyridine rings is 2. The van der Waals surface area contributed by atoms with Crippen LogP contribution in [-0.2, 0) is 51.0 Å². The minimum Gasteiger partial charge on any atom is -0.461 e. The standard InChI is InChI=1S/C90H84Cl2N4O16/c1-45(2)57-15-19-67(49(9)35-57)109-71-41-61-75-62(84(98)95(83(61)97)65(39-55-23-27-93-28-24-55)89(103)107-33-31-105-87(101)53(13)91)43-73(111-69-21-17-59(47(5)6)37-51(69)11)79-80-74(112-70-22-18-60(48(7)8)38-52(70)12)44-64-76-63(42-72(78(82(76)80)77(71)81(75)79)110-68-20-16-58(46(3)4)36-50(68)10)85(99)96(86(64)100)66(40-56-25-29-94-30-26-56)90(104)108-34-32-106-88(102)54(14)92/h15-30,35-38,41-48,54,65-66H,13,31-34,39-40H2,1-12,14H3. The molecule has 4 amide bonds. The van der Waals surface area contributed by atoms with Crippen molar-refractivity contribution in [2.24, 2.45) is 0 Å². The second kappa shape index (κ2) is 32.3. The maximum absolute atomic E-state index is 16.7. The van der Waals surface area contributed by atoms with Gasteiger partial charge in [-0.25, -0.2) is 14.4 Å². The Labute approximate surface area is 658 Å². The Morgan fingerprint density at radius 2 is 0.634 bits per heavy atom. The fourth-order valence-corrected chi connectivity index (χ4v) is 14.6. The lowest BCUT2D eigenvalue weighted by molar-refractivity contribution is -0.154. The van der Waals surface area contributed by atoms with Gasteiger partial charge in [-0.15, -0.1) is 11.6 Å². The van der Waals surface area contributed by atoms with E-state index in [1.54, 1.807) is 24.3 Å². The number of hydrogen-bond donors (Lipinski definition) is 0. The van der Waals surface area contributed by atoms with Crippen molar-refractivity contribution in [2.75, 3.05) is 26.4 Å². The fourth-order valence-electron chi connectivity index (χ4n) is 14.5. The number of fused-ring (bicyclic) bond motifs is 2. The number of halogens is 2. The fraction of sp³-hybridized carbons (Fsp3) is 0.289. The minimum absolute atomic E-state index is 0.00965. The highest BCUT2D eigenvalue weighted by Crippen LogP contribution is 2.59. The second-order valence-corrected chi connectivity index (χ2v) is 30.7. The van der Waals surface area contributed by atoms with Crippen LogP contribution >= 0.6 is 23.2 Å². The van der Waals surface area contributed by atoms with Crippen LogP contribution in [0.1, 0.15) is 183 Å². The van der Waals surface area contributed by atoms with Gasteiger partial charge < -0.3 is 37.9 Å². The van der Waals surface area contributed by atoms with Crippen molar-refractivity contribution in [3.05, 3.63) is 236 Å². The first-order valence-corrected chi connectivity index (χ1v) is 38.0. The molecule has 20 nitrogen and oxygen atoms in total. The molecule has 0 aliphatic carbocycles. The Balaban J connectivity index is 1.19. The molecule has 0 radical (unpaired) electrons. The van der Waals surface area contributed by atoms with Gasteiger partial charge in [0, 0.05) is 80.7 Å². The minimum atomic E-state index is -1.69. The van der Waals surface area contributed by atoms with Gasteiger partial charge in [-0.3, -0.25) is 43.7 Å². The Hall–Kier alpha value is -11.7. The maximum Gasteiger partial charge on any atom is 0.349 e. The summed E-state index contributed by atoms with van der Waals surface area (Å²) in [6, 6.07) is 32.4. The lowest BCUT2D eigenvalue weighted by Crippen LogP contribution is -2.52. The van der Waals surface area contributed by atoms with Crippen molar-refractivity contribution >= 4 is 114 Å². The van der Waals surface area contributed by atoms with E-state index >= 15 is 28.8 Å². The van der Waals surface area contributed by atoms with E-state index in [1.807, 2.05) is 100 Å². The van der Waals surface area contributed by atoms with Gasteiger partial charge in [0.05, 0.1) is 22.3 Å². The summed E-state index contributed by atoms with van der Waals surface area (Å²) in [4.78, 5) is 132. The predicted molar refractivity (Wildman–Crippen MR) is 428 cm³/mol. The molecule has 13 rings (SSSR count). The molecule has 3 atom stereocenters. The molecule has 3 unspecified atom stereocenters. The lowest BCUT2D eigenvalue weighted by atomic mass is 9.80. The van der Waals surface area contributed by atoms with Crippen LogP contribution in [0.3, 0.4) is 0 Å². The van der Waals surface area contributed by atoms with Crippen LogP contribution in [0.4, 0.5) is 0 Å². The molecule has 574 valence electrons. The zero-order valence-corrected chi connectivity index (χ0v) is 65.9. The Kier molecular flexibility index (Phi) is 22.6. The third-order valence-electron chi connectivity index (χ3n) is 20.5.